The van der Waals surface area contributed by atoms with Gasteiger partial charge >= 0.3 is 360 Å². The standard InChI is InChI=1S/2C9H7N.2C8H8N2.C8H6N2.2C8H6.C7H5N.C5H5N.C4H6N2.3C4H4N2.2C4H4.C3H3N.C2H2N2.14CH4.7K/c1-2-6-9-8(4-1)5-3-7-10-9;1-2-4-9-7-10-6-5-8(9)3-1;1-10-6-9-7-4-2-3-5-8(7)10;1-2-4-8-7(3-1)5-9-6-10-8;1-2-4-8-7(3-1)9-5-6-10-8;2*1-2-8-6-4-3-5-7-8;1-8-7-5-3-2-4-6-7;1-2-4-6-5-3-1;1-6-3-2-5-4-6;1-2-6-4-3-5-1;1-2-5-4-6-3-1;1-2-4-6-5-3-1;4*1-3-4-2;;;;;;;;;;;;;;;;;;;;;/h2*1-7H;2-6H,1H3;1-8H;1-6H;2*1-6H;1-5H;1-5H;2-4H,1H3;3*1-4H;2*1-4H;1-3H;1-2H;14*1H4;;;;;;;/q;;;;;3*-2;;;;;;4*-2;;;;;;;;;;;;;;;7*+1. The van der Waals surface area contributed by atoms with Crippen LogP contribution in [0.15, 0.2) is 434 Å². The van der Waals surface area contributed by atoms with E-state index in [4.69, 9.17) is 46.2 Å². The van der Waals surface area contributed by atoms with Gasteiger partial charge in [0.15, 0.2) is 0 Å². The summed E-state index contributed by atoms with van der Waals surface area (Å²) in [5.41, 5.74) is 7.76. The number of nitrogens with zero attached hydrogens (tertiary/aromatic N) is 21. The fraction of sp³-hybridized carbons (Fsp3) is 0.159. The number of aliphatic imine (C=N–C) groups is 4. The molecule has 0 bridgehead atoms. The van der Waals surface area contributed by atoms with Crippen molar-refractivity contribution in [2.24, 2.45) is 50.2 Å². The zero-order valence-electron chi connectivity index (χ0n) is 73.3. The summed E-state index contributed by atoms with van der Waals surface area (Å²) in [6, 6.07) is 80.8. The van der Waals surface area contributed by atoms with Crippen molar-refractivity contribution in [3.8, 4) is 0 Å². The SMILES string of the molecule is C.C.C.C.C.C.C.C.C.C.C.C.C.C.C1=CC2C=NC=NC2C=C1.Cn1ccnc1.Cn1cnc2ccccc21.[CH-]=CC=[CH-].[CH-]=CC=[CH-].[CH-]=CN=[CH-].[CH-]=Cc1[c-]cccc1.[CH-]=Cc1[c-]cccc1.[CH-]=NN=[CH-].[CH-]=Nc1[c-]cccc1.[K+].[K+].[K+].[K+].[K+].[K+].[K+].c1ccc2cnccc2c1.c1ccc2ncccc2c1.c1ccc2nccnc2c1.c1ccncc1.c1ccnnc1.c1cnccn1.c1cncnc1. The predicted molar refractivity (Wildman–Crippen MR) is 585 cm³/mol. The minimum Gasteiger partial charge on any atom is -0.601 e. The van der Waals surface area contributed by atoms with Gasteiger partial charge in [-0.2, -0.15) is 66.1 Å². The first-order chi connectivity index (χ1) is 59.1. The molecule has 0 amide bonds. The molecule has 7 aromatic carbocycles. The van der Waals surface area contributed by atoms with Crippen molar-refractivity contribution < 1.29 is 360 Å². The second-order valence-electron chi connectivity index (χ2n) is 21.8. The van der Waals surface area contributed by atoms with E-state index in [0.717, 1.165) is 39.4 Å². The first-order valence-corrected chi connectivity index (χ1v) is 35.8. The average Bonchev–Trinajstić information content (AvgIpc) is 1.71. The van der Waals surface area contributed by atoms with Gasteiger partial charge < -0.3 is 143 Å². The Morgan fingerprint density at radius 2 is 0.759 bits per heavy atom. The van der Waals surface area contributed by atoms with Crippen LogP contribution in [0.4, 0.5) is 5.69 Å². The van der Waals surface area contributed by atoms with Gasteiger partial charge in [0.05, 0.1) is 46.3 Å². The Morgan fingerprint density at radius 3 is 1.09 bits per heavy atom. The number of pyridine rings is 3. The van der Waals surface area contributed by atoms with Crippen LogP contribution in [-0.4, -0.2) is 120 Å². The van der Waals surface area contributed by atoms with E-state index in [0.29, 0.717) is 17.6 Å². The molecule has 21 nitrogen and oxygen atoms in total. The molecule has 18 rings (SSSR count). The fourth-order valence-corrected chi connectivity index (χ4v) is 8.07. The molecular weight excluding hydrogens is 1930 g/mol. The summed E-state index contributed by atoms with van der Waals surface area (Å²) >= 11 is 0. The van der Waals surface area contributed by atoms with Crippen LogP contribution in [0.5, 0.6) is 0 Å². The second kappa shape index (κ2) is 139. The Morgan fingerprint density at radius 1 is 0.340 bits per heavy atom. The topological polar surface area (TPSA) is 252 Å². The van der Waals surface area contributed by atoms with Crippen molar-refractivity contribution in [1.82, 2.24) is 74.2 Å². The summed E-state index contributed by atoms with van der Waals surface area (Å²) in [4.78, 5) is 57.4. The van der Waals surface area contributed by atoms with Gasteiger partial charge in [-0.05, 0) is 83.6 Å². The van der Waals surface area contributed by atoms with Crippen LogP contribution in [0, 0.1) is 70.2 Å². The van der Waals surface area contributed by atoms with Crippen molar-refractivity contribution in [3.63, 3.8) is 0 Å². The molecule has 1 aliphatic heterocycles. The van der Waals surface area contributed by atoms with E-state index in [9.17, 15) is 0 Å². The van der Waals surface area contributed by atoms with Crippen LogP contribution in [0.25, 0.3) is 55.9 Å². The summed E-state index contributed by atoms with van der Waals surface area (Å²) in [6.07, 6.45) is 55.3. The van der Waals surface area contributed by atoms with Gasteiger partial charge in [0.1, 0.15) is 12.7 Å². The minimum absolute atomic E-state index is 0. The molecule has 0 radical (unpaired) electrons. The zero-order chi connectivity index (χ0) is 86.7. The summed E-state index contributed by atoms with van der Waals surface area (Å²) in [7, 11) is 3.93. The quantitative estimate of drug-likeness (QED) is 0.0486. The summed E-state index contributed by atoms with van der Waals surface area (Å²) in [6.45, 7) is 52.0. The molecule has 2 atom stereocenters. The van der Waals surface area contributed by atoms with Crippen molar-refractivity contribution in [2.75, 3.05) is 0 Å². The molecule has 0 saturated carbocycles. The van der Waals surface area contributed by atoms with Crippen molar-refractivity contribution in [3.05, 3.63) is 479 Å². The van der Waals surface area contributed by atoms with E-state index in [1.54, 1.807) is 111 Å². The Hall–Kier alpha value is -5.10. The third-order valence-electron chi connectivity index (χ3n) is 13.5. The number of para-hydroxylation sites is 6. The maximum atomic E-state index is 5.19. The molecule has 2 aliphatic rings. The largest absolute Gasteiger partial charge is 1.00 e. The van der Waals surface area contributed by atoms with Gasteiger partial charge in [0.25, 0.3) is 0 Å². The first-order valence-electron chi connectivity index (χ1n) is 35.8. The van der Waals surface area contributed by atoms with E-state index in [2.05, 4.69) is 183 Å². The van der Waals surface area contributed by atoms with Crippen molar-refractivity contribution in [2.45, 2.75) is 110 Å². The van der Waals surface area contributed by atoms with E-state index in [-0.39, 0.29) is 464 Å². The molecular formula is C113H145K7N21-7. The van der Waals surface area contributed by atoms with Crippen LogP contribution >= 0.6 is 0 Å². The molecule has 28 heteroatoms. The molecule has 0 fully saturated rings. The Labute approximate surface area is 1150 Å². The van der Waals surface area contributed by atoms with Gasteiger partial charge in [0.2, 0.25) is 0 Å². The van der Waals surface area contributed by atoms with Gasteiger partial charge in [0, 0.05) is 137 Å². The molecule has 716 valence electrons. The maximum absolute atomic E-state index is 5.19. The normalized spacial score (nSPS) is 9.06. The van der Waals surface area contributed by atoms with Crippen molar-refractivity contribution in [1.29, 1.82) is 0 Å². The number of hydrogen-bond acceptors (Lipinski definition) is 19. The molecule has 1 aliphatic carbocycles. The molecule has 0 saturated heterocycles. The van der Waals surface area contributed by atoms with Gasteiger partial charge in [-0.3, -0.25) is 45.9 Å². The number of fused-ring (bicyclic) bond motifs is 5. The van der Waals surface area contributed by atoms with Crippen LogP contribution < -0.4 is 360 Å². The molecule has 9 aromatic heterocycles. The summed E-state index contributed by atoms with van der Waals surface area (Å²) < 4.78 is 3.90. The number of aryl methyl sites for hydroxylation is 2. The second-order valence-corrected chi connectivity index (χ2v) is 21.8. The third-order valence-corrected chi connectivity index (χ3v) is 13.5. The summed E-state index contributed by atoms with van der Waals surface area (Å²) in [5, 5.41) is 16.0. The minimum atomic E-state index is 0. The molecule has 0 N–H and O–H groups in total. The van der Waals surface area contributed by atoms with E-state index in [1.807, 2.05) is 249 Å². The number of benzene rings is 7. The smallest absolute Gasteiger partial charge is 0.601 e. The number of aromatic nitrogens is 15. The predicted octanol–water partition coefficient (Wildman–Crippen LogP) is 7.81. The Balaban J connectivity index is -0.0000000612. The van der Waals surface area contributed by atoms with Gasteiger partial charge in [-0.25, -0.2) is 60.9 Å². The number of imidazole rings is 2. The Bertz CT molecular complexity index is 4590. The molecule has 141 heavy (non-hydrogen) atoms. The van der Waals surface area contributed by atoms with E-state index < -0.39 is 0 Å². The maximum Gasteiger partial charge on any atom is 1.00 e. The number of hydrogen-bond donors (Lipinski definition) is 0. The zero-order valence-corrected chi connectivity index (χ0v) is 95.2. The van der Waals surface area contributed by atoms with E-state index in [1.165, 1.54) is 64.5 Å². The van der Waals surface area contributed by atoms with Crippen molar-refractivity contribution >= 4 is 101 Å². The monoisotopic (exact) mass is 2070 g/mol. The molecule has 16 aromatic rings. The Kier molecular flexibility index (Phi) is 182. The first kappa shape index (κ1) is 184. The van der Waals surface area contributed by atoms with Crippen LogP contribution in [0.3, 0.4) is 0 Å². The number of allylic oxidation sites excluding steroid dienone is 6. The van der Waals surface area contributed by atoms with Gasteiger partial charge in [-0.1, -0.05) is 207 Å². The van der Waals surface area contributed by atoms with Gasteiger partial charge in [-0.15, -0.1) is 12.1 Å². The van der Waals surface area contributed by atoms with E-state index >= 15 is 0 Å². The number of rotatable bonds is 7. The van der Waals surface area contributed by atoms with Crippen LogP contribution in [0.2, 0.25) is 0 Å². The average molecular weight is 2070 g/mol. The molecule has 2 unspecified atom stereocenters. The fourth-order valence-electron chi connectivity index (χ4n) is 8.07. The van der Waals surface area contributed by atoms with Crippen LogP contribution in [-0.2, 0) is 14.1 Å². The molecule has 0 spiro atoms. The van der Waals surface area contributed by atoms with Crippen LogP contribution in [0.1, 0.15) is 115 Å². The third kappa shape index (κ3) is 103. The molecule has 10 heterocycles. The summed E-state index contributed by atoms with van der Waals surface area (Å²) in [5.74, 6) is 0.398.